The fraction of sp³-hybridized carbons (Fsp3) is 0.346. The maximum absolute atomic E-state index is 13.1. The van der Waals surface area contributed by atoms with Gasteiger partial charge in [0.2, 0.25) is 11.8 Å². The van der Waals surface area contributed by atoms with Gasteiger partial charge < -0.3 is 0 Å². The van der Waals surface area contributed by atoms with Crippen LogP contribution in [0.3, 0.4) is 0 Å². The van der Waals surface area contributed by atoms with Crippen LogP contribution in [0.4, 0.5) is 5.69 Å². The van der Waals surface area contributed by atoms with Gasteiger partial charge in [-0.2, -0.15) is 0 Å². The second-order valence-corrected chi connectivity index (χ2v) is 11.6. The van der Waals surface area contributed by atoms with Gasteiger partial charge in [0.1, 0.15) is 0 Å². The zero-order valence-corrected chi connectivity index (χ0v) is 19.9. The standard InChI is InChI=1S/C26H24N2O2S2/c1-13-8-14(2)19(15(3)9-13)12-31-26-27-20-7-6-18(11-21(20)32-26)28-24(29)22-16-4-5-17(10-16)23(22)25(28)30/h4-9,11,16-17,22-23H,10,12H2,1-3H3/t16-,17-,22+,23+/m0/s1. The fourth-order valence-electron chi connectivity index (χ4n) is 5.82. The van der Waals surface area contributed by atoms with Crippen molar-refractivity contribution in [1.82, 2.24) is 4.98 Å². The zero-order valence-electron chi connectivity index (χ0n) is 18.3. The number of nitrogens with zero attached hydrogens (tertiary/aromatic N) is 2. The lowest BCUT2D eigenvalue weighted by atomic mass is 9.85. The Kier molecular flexibility index (Phi) is 4.60. The maximum atomic E-state index is 13.1. The van der Waals surface area contributed by atoms with E-state index in [9.17, 15) is 9.59 Å². The van der Waals surface area contributed by atoms with Gasteiger partial charge in [0.05, 0.1) is 27.7 Å². The number of imide groups is 1. The van der Waals surface area contributed by atoms with Crippen LogP contribution in [0.1, 0.15) is 28.7 Å². The van der Waals surface area contributed by atoms with Crippen molar-refractivity contribution in [3.8, 4) is 0 Å². The first-order valence-electron chi connectivity index (χ1n) is 11.1. The van der Waals surface area contributed by atoms with Crippen LogP contribution in [0.15, 0.2) is 46.8 Å². The molecule has 6 heteroatoms. The highest BCUT2D eigenvalue weighted by atomic mass is 32.2. The molecule has 0 spiro atoms. The summed E-state index contributed by atoms with van der Waals surface area (Å²) in [7, 11) is 0. The summed E-state index contributed by atoms with van der Waals surface area (Å²) in [5, 5.41) is 0. The van der Waals surface area contributed by atoms with Crippen molar-refractivity contribution in [2.75, 3.05) is 4.90 Å². The molecule has 6 rings (SSSR count). The van der Waals surface area contributed by atoms with Crippen molar-refractivity contribution < 1.29 is 9.59 Å². The first kappa shape index (κ1) is 20.2. The summed E-state index contributed by atoms with van der Waals surface area (Å²) in [5.74, 6) is 0.961. The smallest absolute Gasteiger partial charge is 0.238 e. The summed E-state index contributed by atoms with van der Waals surface area (Å²) in [5.41, 5.74) is 6.90. The lowest BCUT2D eigenvalue weighted by Gasteiger charge is -2.17. The van der Waals surface area contributed by atoms with E-state index in [0.717, 1.165) is 26.7 Å². The van der Waals surface area contributed by atoms with E-state index >= 15 is 0 Å². The van der Waals surface area contributed by atoms with Crippen LogP contribution in [0.5, 0.6) is 0 Å². The van der Waals surface area contributed by atoms with Crippen molar-refractivity contribution in [2.24, 2.45) is 23.7 Å². The molecule has 0 unspecified atom stereocenters. The summed E-state index contributed by atoms with van der Waals surface area (Å²) in [6.45, 7) is 6.47. The number of fused-ring (bicyclic) bond motifs is 6. The van der Waals surface area contributed by atoms with Crippen LogP contribution >= 0.6 is 23.1 Å². The molecule has 2 fully saturated rings. The molecule has 3 aliphatic rings. The molecule has 1 aliphatic heterocycles. The van der Waals surface area contributed by atoms with Crippen LogP contribution in [-0.4, -0.2) is 16.8 Å². The number of hydrogen-bond acceptors (Lipinski definition) is 5. The maximum Gasteiger partial charge on any atom is 0.238 e. The lowest BCUT2D eigenvalue weighted by Crippen LogP contribution is -2.32. The van der Waals surface area contributed by atoms with Gasteiger partial charge in [0, 0.05) is 5.75 Å². The minimum absolute atomic E-state index is 0.0272. The molecule has 1 aromatic heterocycles. The Morgan fingerprint density at radius 1 is 1.00 bits per heavy atom. The fourth-order valence-corrected chi connectivity index (χ4v) is 8.12. The number of carbonyl (C=O) groups is 2. The molecule has 4 atom stereocenters. The molecule has 2 amide bonds. The van der Waals surface area contributed by atoms with Crippen LogP contribution in [0.25, 0.3) is 10.2 Å². The number of aromatic nitrogens is 1. The minimum Gasteiger partial charge on any atom is -0.274 e. The number of benzene rings is 2. The Balaban J connectivity index is 1.25. The van der Waals surface area contributed by atoms with E-state index in [-0.39, 0.29) is 35.5 Å². The molecule has 2 aliphatic carbocycles. The average molecular weight is 461 g/mol. The third kappa shape index (κ3) is 3.00. The molecule has 0 radical (unpaired) electrons. The van der Waals surface area contributed by atoms with Gasteiger partial charge in [-0.05, 0) is 73.9 Å². The first-order chi connectivity index (χ1) is 15.4. The SMILES string of the molecule is Cc1cc(C)c(CSc2nc3ccc(N4C(=O)[C@H]5[C@H](C4=O)[C@H]4C=C[C@H]5C4)cc3s2)c(C)c1. The third-order valence-electron chi connectivity index (χ3n) is 7.26. The molecule has 2 aromatic carbocycles. The minimum atomic E-state index is -0.165. The van der Waals surface area contributed by atoms with Crippen LogP contribution in [0.2, 0.25) is 0 Å². The molecule has 0 N–H and O–H groups in total. The Bertz CT molecular complexity index is 1270. The van der Waals surface area contributed by atoms with E-state index in [1.54, 1.807) is 23.1 Å². The zero-order chi connectivity index (χ0) is 22.1. The lowest BCUT2D eigenvalue weighted by molar-refractivity contribution is -0.123. The van der Waals surface area contributed by atoms with Gasteiger partial charge in [-0.25, -0.2) is 9.88 Å². The Hall–Kier alpha value is -2.44. The number of thiazole rings is 1. The Morgan fingerprint density at radius 2 is 1.66 bits per heavy atom. The summed E-state index contributed by atoms with van der Waals surface area (Å²) < 4.78 is 2.02. The third-order valence-corrected chi connectivity index (χ3v) is 9.45. The van der Waals surface area contributed by atoms with Gasteiger partial charge in [0.25, 0.3) is 0 Å². The van der Waals surface area contributed by atoms with E-state index in [0.29, 0.717) is 5.69 Å². The molecule has 1 saturated heterocycles. The summed E-state index contributed by atoms with van der Waals surface area (Å²) in [6, 6.07) is 10.2. The summed E-state index contributed by atoms with van der Waals surface area (Å²) in [4.78, 5) is 32.5. The number of thioether (sulfide) groups is 1. The highest BCUT2D eigenvalue weighted by molar-refractivity contribution is 8.00. The van der Waals surface area contributed by atoms with Crippen molar-refractivity contribution in [2.45, 2.75) is 37.3 Å². The van der Waals surface area contributed by atoms with E-state index in [4.69, 9.17) is 4.98 Å². The molecule has 162 valence electrons. The van der Waals surface area contributed by atoms with Gasteiger partial charge in [-0.15, -0.1) is 11.3 Å². The largest absolute Gasteiger partial charge is 0.274 e. The van der Waals surface area contributed by atoms with Crippen molar-refractivity contribution >= 4 is 50.8 Å². The number of carbonyl (C=O) groups excluding carboxylic acids is 2. The molecule has 32 heavy (non-hydrogen) atoms. The molecule has 2 heterocycles. The van der Waals surface area contributed by atoms with Crippen LogP contribution in [-0.2, 0) is 15.3 Å². The number of rotatable bonds is 4. The van der Waals surface area contributed by atoms with E-state index in [1.165, 1.54) is 27.2 Å². The normalized spacial score (nSPS) is 26.0. The highest BCUT2D eigenvalue weighted by Crippen LogP contribution is 2.53. The van der Waals surface area contributed by atoms with Crippen LogP contribution in [0, 0.1) is 44.4 Å². The predicted octanol–water partition coefficient (Wildman–Crippen LogP) is 5.83. The first-order valence-corrected chi connectivity index (χ1v) is 12.9. The molecular weight excluding hydrogens is 436 g/mol. The number of anilines is 1. The van der Waals surface area contributed by atoms with Crippen molar-refractivity contribution in [1.29, 1.82) is 0 Å². The second kappa shape index (κ2) is 7.29. The Labute approximate surface area is 195 Å². The van der Waals surface area contributed by atoms with Crippen LogP contribution < -0.4 is 4.90 Å². The molecule has 4 nitrogen and oxygen atoms in total. The number of aryl methyl sites for hydroxylation is 3. The predicted molar refractivity (Wildman–Crippen MR) is 130 cm³/mol. The average Bonchev–Trinajstić information content (AvgIpc) is 3.49. The topological polar surface area (TPSA) is 50.3 Å². The molecule has 2 bridgehead atoms. The van der Waals surface area contributed by atoms with Gasteiger partial charge >= 0.3 is 0 Å². The Morgan fingerprint density at radius 3 is 2.31 bits per heavy atom. The quantitative estimate of drug-likeness (QED) is 0.279. The van der Waals surface area contributed by atoms with E-state index in [2.05, 4.69) is 45.1 Å². The monoisotopic (exact) mass is 460 g/mol. The molecular formula is C26H24N2O2S2. The van der Waals surface area contributed by atoms with Gasteiger partial charge in [-0.1, -0.05) is 41.6 Å². The number of amides is 2. The van der Waals surface area contributed by atoms with Gasteiger partial charge in [-0.3, -0.25) is 9.59 Å². The van der Waals surface area contributed by atoms with E-state index < -0.39 is 0 Å². The van der Waals surface area contributed by atoms with E-state index in [1.807, 2.05) is 18.2 Å². The van der Waals surface area contributed by atoms with Crippen molar-refractivity contribution in [3.63, 3.8) is 0 Å². The summed E-state index contributed by atoms with van der Waals surface area (Å²) >= 11 is 3.38. The number of allylic oxidation sites excluding steroid dienone is 2. The number of hydrogen-bond donors (Lipinski definition) is 0. The summed E-state index contributed by atoms with van der Waals surface area (Å²) in [6.07, 6.45) is 5.22. The molecule has 3 aromatic rings. The molecule has 1 saturated carbocycles. The second-order valence-electron chi connectivity index (χ2n) is 9.31. The highest BCUT2D eigenvalue weighted by Gasteiger charge is 2.59. The van der Waals surface area contributed by atoms with Crippen molar-refractivity contribution in [3.05, 3.63) is 64.7 Å². The van der Waals surface area contributed by atoms with Gasteiger partial charge in [0.15, 0.2) is 4.34 Å².